The monoisotopic (exact) mass is 454 g/mol. The number of hydrogen-bond donors (Lipinski definition) is 1. The predicted octanol–water partition coefficient (Wildman–Crippen LogP) is 5.62. The lowest BCUT2D eigenvalue weighted by Crippen LogP contribution is -2.46. The molecule has 0 saturated heterocycles. The van der Waals surface area contributed by atoms with Crippen LogP contribution in [-0.4, -0.2) is 22.8 Å². The van der Waals surface area contributed by atoms with Gasteiger partial charge < -0.3 is 14.6 Å². The second kappa shape index (κ2) is 10.1. The van der Waals surface area contributed by atoms with Gasteiger partial charge in [-0.25, -0.2) is 4.39 Å². The van der Waals surface area contributed by atoms with Crippen LogP contribution in [0.3, 0.4) is 0 Å². The van der Waals surface area contributed by atoms with Gasteiger partial charge in [-0.3, -0.25) is 9.59 Å². The fourth-order valence-corrected chi connectivity index (χ4v) is 4.84. The van der Waals surface area contributed by atoms with E-state index >= 15 is 0 Å². The molecule has 1 aliphatic carbocycles. The van der Waals surface area contributed by atoms with Gasteiger partial charge >= 0.3 is 0 Å². The molecule has 2 heterocycles. The summed E-state index contributed by atoms with van der Waals surface area (Å²) in [5, 5.41) is 4.98. The first-order valence-corrected chi connectivity index (χ1v) is 11.8. The average molecular weight is 455 g/mol. The van der Waals surface area contributed by atoms with Crippen molar-refractivity contribution in [2.75, 3.05) is 0 Å². The van der Waals surface area contributed by atoms with Gasteiger partial charge in [0.25, 0.3) is 11.8 Å². The molecule has 4 rings (SSSR count). The number of carbonyl (C=O) groups excluding carboxylic acids is 2. The van der Waals surface area contributed by atoms with E-state index in [1.807, 2.05) is 18.4 Å². The van der Waals surface area contributed by atoms with Crippen LogP contribution in [0.5, 0.6) is 0 Å². The summed E-state index contributed by atoms with van der Waals surface area (Å²) in [6.07, 6.45) is 5.23. The van der Waals surface area contributed by atoms with Gasteiger partial charge in [-0.15, -0.1) is 11.3 Å². The Balaban J connectivity index is 1.69. The van der Waals surface area contributed by atoms with Crippen molar-refractivity contribution in [1.29, 1.82) is 0 Å². The van der Waals surface area contributed by atoms with Gasteiger partial charge in [-0.05, 0) is 61.0 Å². The van der Waals surface area contributed by atoms with Crippen LogP contribution >= 0.6 is 11.3 Å². The van der Waals surface area contributed by atoms with E-state index < -0.39 is 6.04 Å². The van der Waals surface area contributed by atoms with Crippen molar-refractivity contribution in [3.8, 4) is 0 Å². The van der Waals surface area contributed by atoms with Crippen LogP contribution in [0.1, 0.15) is 64.9 Å². The first kappa shape index (κ1) is 22.3. The Bertz CT molecular complexity index is 1040. The number of rotatable bonds is 7. The van der Waals surface area contributed by atoms with E-state index in [1.165, 1.54) is 34.8 Å². The molecule has 2 amide bonds. The minimum absolute atomic E-state index is 0.0966. The minimum Gasteiger partial charge on any atom is -0.464 e. The van der Waals surface area contributed by atoms with Gasteiger partial charge in [0.05, 0.1) is 4.88 Å². The molecule has 1 saturated carbocycles. The Morgan fingerprint density at radius 2 is 1.88 bits per heavy atom. The van der Waals surface area contributed by atoms with Crippen LogP contribution in [0.2, 0.25) is 0 Å². The Morgan fingerprint density at radius 3 is 2.50 bits per heavy atom. The molecule has 0 spiro atoms. The molecule has 32 heavy (non-hydrogen) atoms. The normalized spacial score (nSPS) is 15.3. The Kier molecular flexibility index (Phi) is 7.05. The minimum atomic E-state index is -0.926. The summed E-state index contributed by atoms with van der Waals surface area (Å²) < 4.78 is 19.3. The third-order valence-electron chi connectivity index (χ3n) is 5.80. The van der Waals surface area contributed by atoms with Crippen LogP contribution in [-0.2, 0) is 11.3 Å². The van der Waals surface area contributed by atoms with E-state index in [0.29, 0.717) is 16.4 Å². The molecule has 7 heteroatoms. The van der Waals surface area contributed by atoms with E-state index in [1.54, 1.807) is 30.3 Å². The summed E-state index contributed by atoms with van der Waals surface area (Å²) >= 11 is 1.32. The molecular weight excluding hydrogens is 427 g/mol. The highest BCUT2D eigenvalue weighted by Crippen LogP contribution is 2.29. The fourth-order valence-electron chi connectivity index (χ4n) is 4.16. The number of carbonyl (C=O) groups is 2. The van der Waals surface area contributed by atoms with Crippen LogP contribution < -0.4 is 5.32 Å². The maximum atomic E-state index is 13.6. The summed E-state index contributed by atoms with van der Waals surface area (Å²) in [5.41, 5.74) is 0.732. The van der Waals surface area contributed by atoms with Gasteiger partial charge in [0.2, 0.25) is 0 Å². The quantitative estimate of drug-likeness (QED) is 0.504. The van der Waals surface area contributed by atoms with Crippen molar-refractivity contribution in [1.82, 2.24) is 10.2 Å². The molecule has 3 aromatic rings. The number of hydrogen-bond acceptors (Lipinski definition) is 4. The highest BCUT2D eigenvalue weighted by molar-refractivity contribution is 7.12. The van der Waals surface area contributed by atoms with E-state index in [4.69, 9.17) is 4.42 Å². The van der Waals surface area contributed by atoms with Crippen molar-refractivity contribution < 1.29 is 18.4 Å². The molecule has 1 N–H and O–H groups in total. The largest absolute Gasteiger partial charge is 0.464 e. The maximum absolute atomic E-state index is 13.6. The van der Waals surface area contributed by atoms with Gasteiger partial charge in [-0.1, -0.05) is 37.5 Å². The first-order valence-electron chi connectivity index (χ1n) is 11.0. The molecule has 0 unspecified atom stereocenters. The van der Waals surface area contributed by atoms with Crippen molar-refractivity contribution in [3.05, 3.63) is 81.7 Å². The molecule has 0 aliphatic heterocycles. The summed E-state index contributed by atoms with van der Waals surface area (Å²) in [4.78, 5) is 29.2. The number of nitrogens with zero attached hydrogens (tertiary/aromatic N) is 1. The predicted molar refractivity (Wildman–Crippen MR) is 122 cm³/mol. The zero-order valence-corrected chi connectivity index (χ0v) is 18.9. The number of benzene rings is 1. The van der Waals surface area contributed by atoms with E-state index in [9.17, 15) is 14.0 Å². The molecule has 2 aromatic heterocycles. The fraction of sp³-hybridized carbons (Fsp3) is 0.360. The zero-order valence-electron chi connectivity index (χ0n) is 18.1. The zero-order chi connectivity index (χ0) is 22.5. The molecular formula is C25H27FN2O3S. The van der Waals surface area contributed by atoms with E-state index in [2.05, 4.69) is 5.32 Å². The highest BCUT2D eigenvalue weighted by Gasteiger charge is 2.36. The molecule has 1 aromatic carbocycles. The van der Waals surface area contributed by atoms with Crippen LogP contribution in [0, 0.1) is 12.7 Å². The molecule has 0 radical (unpaired) electrons. The molecule has 168 valence electrons. The number of halogens is 1. The third-order valence-corrected chi connectivity index (χ3v) is 6.66. The SMILES string of the molecule is Cc1ccc([C@@H](C(=O)NC2CCCCC2)N(Cc2ccc(F)cc2)C(=O)c2cccs2)o1. The Hall–Kier alpha value is -2.93. The van der Waals surface area contributed by atoms with Crippen LogP contribution in [0.4, 0.5) is 4.39 Å². The smallest absolute Gasteiger partial charge is 0.265 e. The second-order valence-electron chi connectivity index (χ2n) is 8.23. The van der Waals surface area contributed by atoms with Gasteiger partial charge in [0.15, 0.2) is 6.04 Å². The standard InChI is InChI=1S/C25H27FN2O3S/c1-17-9-14-21(31-17)23(24(29)27-20-6-3-2-4-7-20)28(25(30)22-8-5-15-32-22)16-18-10-12-19(26)13-11-18/h5,8-15,20,23H,2-4,6-7,16H2,1H3,(H,27,29)/t23-/m0/s1. The lowest BCUT2D eigenvalue weighted by atomic mass is 9.95. The molecule has 5 nitrogen and oxygen atoms in total. The molecule has 1 atom stereocenters. The van der Waals surface area contributed by atoms with Gasteiger partial charge in [0, 0.05) is 12.6 Å². The number of thiophene rings is 1. The van der Waals surface area contributed by atoms with Gasteiger partial charge in [-0.2, -0.15) is 0 Å². The lowest BCUT2D eigenvalue weighted by molar-refractivity contribution is -0.127. The molecule has 1 aliphatic rings. The summed E-state index contributed by atoms with van der Waals surface area (Å²) in [7, 11) is 0. The highest BCUT2D eigenvalue weighted by atomic mass is 32.1. The number of nitrogens with one attached hydrogen (secondary N) is 1. The van der Waals surface area contributed by atoms with Crippen molar-refractivity contribution in [2.24, 2.45) is 0 Å². The van der Waals surface area contributed by atoms with Crippen molar-refractivity contribution in [3.63, 3.8) is 0 Å². The van der Waals surface area contributed by atoms with E-state index in [0.717, 1.165) is 31.2 Å². The number of furan rings is 1. The first-order chi connectivity index (χ1) is 15.5. The van der Waals surface area contributed by atoms with Crippen molar-refractivity contribution in [2.45, 2.75) is 57.7 Å². The lowest BCUT2D eigenvalue weighted by Gasteiger charge is -2.32. The third kappa shape index (κ3) is 5.27. The summed E-state index contributed by atoms with van der Waals surface area (Å²) in [6.45, 7) is 1.96. The van der Waals surface area contributed by atoms with E-state index in [-0.39, 0.29) is 30.2 Å². The second-order valence-corrected chi connectivity index (χ2v) is 9.18. The number of aryl methyl sites for hydroxylation is 1. The maximum Gasteiger partial charge on any atom is 0.265 e. The number of amides is 2. The summed E-state index contributed by atoms with van der Waals surface area (Å²) in [6, 6.07) is 12.2. The van der Waals surface area contributed by atoms with Crippen LogP contribution in [0.25, 0.3) is 0 Å². The molecule has 0 bridgehead atoms. The summed E-state index contributed by atoms with van der Waals surface area (Å²) in [5.74, 6) is 0.224. The van der Waals surface area contributed by atoms with Gasteiger partial charge in [0.1, 0.15) is 17.3 Å². The average Bonchev–Trinajstić information content (AvgIpc) is 3.47. The topological polar surface area (TPSA) is 62.6 Å². The van der Waals surface area contributed by atoms with Crippen molar-refractivity contribution >= 4 is 23.2 Å². The van der Waals surface area contributed by atoms with Crippen LogP contribution in [0.15, 0.2) is 58.3 Å². The molecule has 1 fully saturated rings. The Labute approximate surface area is 191 Å². The Morgan fingerprint density at radius 1 is 1.12 bits per heavy atom.